The van der Waals surface area contributed by atoms with Gasteiger partial charge >= 0.3 is 0 Å². The molecule has 3 fully saturated rings. The number of fused-ring (bicyclic) bond motifs is 1. The molecule has 3 aliphatic rings. The number of para-hydroxylation sites is 2. The molecule has 1 saturated heterocycles. The van der Waals surface area contributed by atoms with Gasteiger partial charge < -0.3 is 40.1 Å². The molecule has 2 aliphatic carbocycles. The molecule has 0 aromatic heterocycles. The van der Waals surface area contributed by atoms with Gasteiger partial charge in [0.25, 0.3) is 0 Å². The summed E-state index contributed by atoms with van der Waals surface area (Å²) in [6.45, 7) is 15.3. The topological polar surface area (TPSA) is 164 Å². The standard InChI is InChI=1S/C31H58O6.C7H7NO.C6H7NO/c1-8-9-21(4)36-18-31(35)16-19(2)10-13-27(31)23(6)29(33)28(32)22(5)25-12-11-20(3)24-14-15-30(7,34)37-17-26(24)25;9-6-8-7-4-2-1-3-5-7;7-8-6-4-2-1-3-5-6/h19-29,32-35H,8-18H2,1-7H3;1-6H,(H,8,9);1-5H,7H2/t19-,20-,21?,22?,23?,24?,25+,26?,27+,28?,29?,30+,31+;;/m1../s1. The summed E-state index contributed by atoms with van der Waals surface area (Å²) in [4.78, 5) is 14.3. The summed E-state index contributed by atoms with van der Waals surface area (Å²) in [6, 6.07) is 18.5. The van der Waals surface area contributed by atoms with Gasteiger partial charge in [0.2, 0.25) is 6.41 Å². The van der Waals surface area contributed by atoms with E-state index in [0.29, 0.717) is 49.4 Å². The molecular weight excluding hydrogens is 684 g/mol. The highest BCUT2D eigenvalue weighted by molar-refractivity contribution is 5.70. The number of amides is 1. The van der Waals surface area contributed by atoms with Gasteiger partial charge in [0.15, 0.2) is 5.79 Å². The van der Waals surface area contributed by atoms with Gasteiger partial charge in [0.1, 0.15) is 5.75 Å². The molecule has 54 heavy (non-hydrogen) atoms. The number of aliphatic hydroxyl groups excluding tert-OH is 2. The predicted molar refractivity (Wildman–Crippen MR) is 214 cm³/mol. The van der Waals surface area contributed by atoms with Crippen LogP contribution in [0.4, 0.5) is 5.69 Å². The lowest BCUT2D eigenvalue weighted by Gasteiger charge is -2.48. The van der Waals surface area contributed by atoms with Crippen LogP contribution in [0, 0.1) is 47.3 Å². The zero-order chi connectivity index (χ0) is 39.9. The van der Waals surface area contributed by atoms with Gasteiger partial charge in [-0.05, 0) is 118 Å². The van der Waals surface area contributed by atoms with Crippen LogP contribution in [0.15, 0.2) is 60.7 Å². The summed E-state index contributed by atoms with van der Waals surface area (Å²) in [6.07, 6.45) is 7.17. The SMILES string of the molecule is CCCC(C)OC[C@@]1(O)C[C@H](C)CC[C@H]1C(C)C(O)C(O)C(C)[C@@H]1CC[C@@H](C)C2CC[C@@](C)(O)OCC21.NOc1ccccc1.O=CNc1ccccc1. The molecule has 2 aromatic carbocycles. The highest BCUT2D eigenvalue weighted by atomic mass is 16.6. The smallest absolute Gasteiger partial charge is 0.211 e. The summed E-state index contributed by atoms with van der Waals surface area (Å²) < 4.78 is 12.0. The fourth-order valence-corrected chi connectivity index (χ4v) is 9.30. The first-order valence-corrected chi connectivity index (χ1v) is 20.4. The Morgan fingerprint density at radius 1 is 0.907 bits per heavy atom. The number of nitrogens with one attached hydrogen (secondary N) is 1. The molecule has 0 bridgehead atoms. The highest BCUT2D eigenvalue weighted by Crippen LogP contribution is 2.49. The Labute approximate surface area is 325 Å². The summed E-state index contributed by atoms with van der Waals surface area (Å²) in [5.41, 5.74) is -0.165. The van der Waals surface area contributed by atoms with E-state index in [-0.39, 0.29) is 42.3 Å². The van der Waals surface area contributed by atoms with Crippen molar-refractivity contribution in [3.05, 3.63) is 60.7 Å². The summed E-state index contributed by atoms with van der Waals surface area (Å²) in [5, 5.41) is 47.9. The van der Waals surface area contributed by atoms with Gasteiger partial charge in [-0.25, -0.2) is 0 Å². The normalized spacial score (nSPS) is 32.3. The van der Waals surface area contributed by atoms with Crippen molar-refractivity contribution in [2.45, 2.75) is 136 Å². The Kier molecular flexibility index (Phi) is 18.9. The number of benzene rings is 2. The maximum Gasteiger partial charge on any atom is 0.211 e. The van der Waals surface area contributed by atoms with Crippen LogP contribution in [0.2, 0.25) is 0 Å². The number of carbonyl (C=O) groups excluding carboxylic acids is 1. The van der Waals surface area contributed by atoms with Crippen LogP contribution in [-0.4, -0.2) is 69.8 Å². The van der Waals surface area contributed by atoms with E-state index < -0.39 is 23.6 Å². The molecule has 0 radical (unpaired) electrons. The molecule has 7 N–H and O–H groups in total. The fourth-order valence-electron chi connectivity index (χ4n) is 9.30. The zero-order valence-electron chi connectivity index (χ0n) is 34.0. The minimum atomic E-state index is -1.09. The molecule has 0 spiro atoms. The van der Waals surface area contributed by atoms with Crippen molar-refractivity contribution < 1.29 is 39.5 Å². The molecule has 1 aliphatic heterocycles. The van der Waals surface area contributed by atoms with Gasteiger partial charge in [-0.15, -0.1) is 0 Å². The van der Waals surface area contributed by atoms with E-state index in [9.17, 15) is 25.2 Å². The fraction of sp³-hybridized carbons (Fsp3) is 0.705. The average molecular weight is 757 g/mol. The minimum absolute atomic E-state index is 0.0967. The summed E-state index contributed by atoms with van der Waals surface area (Å²) in [7, 11) is 0. The van der Waals surface area contributed by atoms with Gasteiger partial charge in [-0.1, -0.05) is 90.3 Å². The Morgan fingerprint density at radius 2 is 1.54 bits per heavy atom. The van der Waals surface area contributed by atoms with Crippen molar-refractivity contribution in [1.29, 1.82) is 0 Å². The first kappa shape index (κ1) is 45.8. The van der Waals surface area contributed by atoms with Crippen molar-refractivity contribution in [1.82, 2.24) is 0 Å². The Hall–Kier alpha value is -2.57. The lowest BCUT2D eigenvalue weighted by atomic mass is 9.60. The van der Waals surface area contributed by atoms with E-state index in [0.717, 1.165) is 50.6 Å². The monoisotopic (exact) mass is 757 g/mol. The number of nitrogens with two attached hydrogens (primary N) is 1. The Morgan fingerprint density at radius 3 is 2.13 bits per heavy atom. The van der Waals surface area contributed by atoms with Crippen molar-refractivity contribution in [3.8, 4) is 5.75 Å². The van der Waals surface area contributed by atoms with Crippen molar-refractivity contribution in [3.63, 3.8) is 0 Å². The lowest BCUT2D eigenvalue weighted by molar-refractivity contribution is -0.198. The third-order valence-corrected chi connectivity index (χ3v) is 12.6. The van der Waals surface area contributed by atoms with Crippen molar-refractivity contribution in [2.24, 2.45) is 53.2 Å². The molecule has 10 nitrogen and oxygen atoms in total. The Bertz CT molecular complexity index is 1320. The van der Waals surface area contributed by atoms with E-state index in [1.807, 2.05) is 55.5 Å². The number of rotatable bonds is 13. The molecule has 7 unspecified atom stereocenters. The third-order valence-electron chi connectivity index (χ3n) is 12.6. The quantitative estimate of drug-likeness (QED) is 0.0907. The van der Waals surface area contributed by atoms with Crippen LogP contribution >= 0.6 is 0 Å². The van der Waals surface area contributed by atoms with Gasteiger partial charge in [-0.3, -0.25) is 4.79 Å². The number of hydrogen-bond donors (Lipinski definition) is 6. The first-order valence-electron chi connectivity index (χ1n) is 20.4. The van der Waals surface area contributed by atoms with Gasteiger partial charge in [0, 0.05) is 12.1 Å². The van der Waals surface area contributed by atoms with Crippen LogP contribution in [0.3, 0.4) is 0 Å². The average Bonchev–Trinajstić information content (AvgIpc) is 3.33. The van der Waals surface area contributed by atoms with Crippen LogP contribution in [-0.2, 0) is 14.3 Å². The molecule has 13 atom stereocenters. The maximum atomic E-state index is 11.8. The highest BCUT2D eigenvalue weighted by Gasteiger charge is 2.50. The summed E-state index contributed by atoms with van der Waals surface area (Å²) in [5.74, 6) is 5.93. The third kappa shape index (κ3) is 13.6. The molecule has 2 saturated carbocycles. The number of ether oxygens (including phenoxy) is 2. The molecule has 1 heterocycles. The largest absolute Gasteiger partial charge is 0.412 e. The van der Waals surface area contributed by atoms with E-state index >= 15 is 0 Å². The van der Waals surface area contributed by atoms with Crippen LogP contribution in [0.1, 0.15) is 106 Å². The van der Waals surface area contributed by atoms with Crippen LogP contribution in [0.5, 0.6) is 5.75 Å². The second-order valence-electron chi connectivity index (χ2n) is 16.8. The molecule has 10 heteroatoms. The lowest BCUT2D eigenvalue weighted by Crippen LogP contribution is -2.54. The van der Waals surface area contributed by atoms with E-state index in [1.165, 1.54) is 0 Å². The molecule has 5 rings (SSSR count). The van der Waals surface area contributed by atoms with Crippen molar-refractivity contribution >= 4 is 12.1 Å². The number of anilines is 1. The van der Waals surface area contributed by atoms with E-state index in [2.05, 4.69) is 44.8 Å². The zero-order valence-corrected chi connectivity index (χ0v) is 34.0. The predicted octanol–water partition coefficient (Wildman–Crippen LogP) is 7.34. The molecule has 306 valence electrons. The van der Waals surface area contributed by atoms with Crippen LogP contribution in [0.25, 0.3) is 0 Å². The number of aliphatic hydroxyl groups is 4. The van der Waals surface area contributed by atoms with Gasteiger partial charge in [-0.2, -0.15) is 5.90 Å². The second kappa shape index (κ2) is 22.2. The van der Waals surface area contributed by atoms with E-state index in [1.54, 1.807) is 19.1 Å². The Balaban J connectivity index is 0.000000374. The number of hydrogen-bond acceptors (Lipinski definition) is 9. The van der Waals surface area contributed by atoms with E-state index in [4.69, 9.17) is 15.4 Å². The molecule has 2 aromatic rings. The second-order valence-corrected chi connectivity index (χ2v) is 16.8. The maximum absolute atomic E-state index is 11.8. The molecular formula is C44H72N2O8. The van der Waals surface area contributed by atoms with Gasteiger partial charge in [0.05, 0.1) is 37.1 Å². The van der Waals surface area contributed by atoms with Crippen LogP contribution < -0.4 is 16.1 Å². The minimum Gasteiger partial charge on any atom is -0.412 e. The number of carbonyl (C=O) groups is 1. The van der Waals surface area contributed by atoms with Crippen molar-refractivity contribution in [2.75, 3.05) is 18.5 Å². The first-order chi connectivity index (χ1) is 25.7. The molecule has 1 amide bonds. The summed E-state index contributed by atoms with van der Waals surface area (Å²) >= 11 is 0.